The highest BCUT2D eigenvalue weighted by atomic mass is 19.4. The number of benzene rings is 1. The Labute approximate surface area is 147 Å². The third kappa shape index (κ3) is 4.30. The summed E-state index contributed by atoms with van der Waals surface area (Å²) >= 11 is 0. The van der Waals surface area contributed by atoms with Crippen molar-refractivity contribution in [1.82, 2.24) is 10.3 Å². The highest BCUT2D eigenvalue weighted by molar-refractivity contribution is 5.92. The standard InChI is InChI=1S/C19H15F3N2O2/c20-19(21,22)15-5-1-4-14(11-15)16-6-7-17(26-16)18(25)24-10-8-13-3-2-9-23-12-13/h1-7,9,11-12H,8,10H2,(H,24,25). The first kappa shape index (κ1) is 17.7. The van der Waals surface area contributed by atoms with E-state index in [4.69, 9.17) is 4.42 Å². The maximum absolute atomic E-state index is 12.8. The SMILES string of the molecule is O=C(NCCc1cccnc1)c1ccc(-c2cccc(C(F)(F)F)c2)o1. The van der Waals surface area contributed by atoms with E-state index in [-0.39, 0.29) is 17.1 Å². The van der Waals surface area contributed by atoms with Gasteiger partial charge in [-0.15, -0.1) is 0 Å². The summed E-state index contributed by atoms with van der Waals surface area (Å²) in [5.41, 5.74) is 0.472. The van der Waals surface area contributed by atoms with E-state index in [1.807, 2.05) is 12.1 Å². The first-order chi connectivity index (χ1) is 12.4. The van der Waals surface area contributed by atoms with Crippen molar-refractivity contribution in [2.45, 2.75) is 12.6 Å². The molecule has 3 aromatic rings. The average molecular weight is 360 g/mol. The van der Waals surface area contributed by atoms with Gasteiger partial charge < -0.3 is 9.73 Å². The molecule has 134 valence electrons. The van der Waals surface area contributed by atoms with Crippen molar-refractivity contribution in [1.29, 1.82) is 0 Å². The molecule has 1 N–H and O–H groups in total. The lowest BCUT2D eigenvalue weighted by Gasteiger charge is -2.07. The quantitative estimate of drug-likeness (QED) is 0.737. The molecule has 0 aliphatic heterocycles. The number of alkyl halides is 3. The van der Waals surface area contributed by atoms with Crippen LogP contribution >= 0.6 is 0 Å². The Morgan fingerprint density at radius 3 is 2.69 bits per heavy atom. The molecule has 3 rings (SSSR count). The maximum atomic E-state index is 12.8. The molecule has 0 spiro atoms. The summed E-state index contributed by atoms with van der Waals surface area (Å²) in [4.78, 5) is 16.1. The fourth-order valence-corrected chi connectivity index (χ4v) is 2.42. The zero-order chi connectivity index (χ0) is 18.6. The van der Waals surface area contributed by atoms with E-state index in [2.05, 4.69) is 10.3 Å². The number of amides is 1. The second kappa shape index (κ2) is 7.43. The zero-order valence-corrected chi connectivity index (χ0v) is 13.6. The number of nitrogens with one attached hydrogen (secondary N) is 1. The van der Waals surface area contributed by atoms with Gasteiger partial charge in [-0.1, -0.05) is 18.2 Å². The topological polar surface area (TPSA) is 55.1 Å². The second-order valence-electron chi connectivity index (χ2n) is 5.61. The number of hydrogen-bond donors (Lipinski definition) is 1. The molecule has 0 fully saturated rings. The van der Waals surface area contributed by atoms with Gasteiger partial charge in [-0.05, 0) is 42.3 Å². The Balaban J connectivity index is 1.65. The van der Waals surface area contributed by atoms with Gasteiger partial charge in [-0.25, -0.2) is 0 Å². The lowest BCUT2D eigenvalue weighted by Crippen LogP contribution is -2.25. The van der Waals surface area contributed by atoms with Crippen molar-refractivity contribution in [3.63, 3.8) is 0 Å². The van der Waals surface area contributed by atoms with Crippen molar-refractivity contribution >= 4 is 5.91 Å². The lowest BCUT2D eigenvalue weighted by atomic mass is 10.1. The van der Waals surface area contributed by atoms with Crippen LogP contribution in [0.2, 0.25) is 0 Å². The van der Waals surface area contributed by atoms with Gasteiger partial charge in [0.25, 0.3) is 5.91 Å². The van der Waals surface area contributed by atoms with E-state index in [1.54, 1.807) is 12.4 Å². The van der Waals surface area contributed by atoms with Crippen molar-refractivity contribution in [3.05, 3.63) is 77.8 Å². The van der Waals surface area contributed by atoms with E-state index in [0.717, 1.165) is 17.7 Å². The van der Waals surface area contributed by atoms with Gasteiger partial charge in [-0.3, -0.25) is 9.78 Å². The molecule has 2 aromatic heterocycles. The summed E-state index contributed by atoms with van der Waals surface area (Å²) in [5, 5.41) is 2.71. The van der Waals surface area contributed by atoms with Crippen molar-refractivity contribution in [3.8, 4) is 11.3 Å². The van der Waals surface area contributed by atoms with Gasteiger partial charge in [0.1, 0.15) is 5.76 Å². The Hall–Kier alpha value is -3.09. The van der Waals surface area contributed by atoms with Crippen molar-refractivity contribution < 1.29 is 22.4 Å². The van der Waals surface area contributed by atoms with Crippen LogP contribution in [-0.2, 0) is 12.6 Å². The van der Waals surface area contributed by atoms with E-state index in [9.17, 15) is 18.0 Å². The van der Waals surface area contributed by atoms with Crippen molar-refractivity contribution in [2.24, 2.45) is 0 Å². The van der Waals surface area contributed by atoms with Crippen LogP contribution in [0.3, 0.4) is 0 Å². The Morgan fingerprint density at radius 1 is 1.12 bits per heavy atom. The predicted octanol–water partition coefficient (Wildman–Crippen LogP) is 4.33. The molecule has 0 aliphatic carbocycles. The van der Waals surface area contributed by atoms with Crippen LogP contribution < -0.4 is 5.32 Å². The van der Waals surface area contributed by atoms with Gasteiger partial charge in [0, 0.05) is 24.5 Å². The molecule has 7 heteroatoms. The molecule has 1 aromatic carbocycles. The average Bonchev–Trinajstić information content (AvgIpc) is 3.12. The molecule has 0 atom stereocenters. The smallest absolute Gasteiger partial charge is 0.416 e. The summed E-state index contributed by atoms with van der Waals surface area (Å²) in [6, 6.07) is 11.4. The molecule has 0 saturated heterocycles. The minimum Gasteiger partial charge on any atom is -0.451 e. The van der Waals surface area contributed by atoms with Crippen molar-refractivity contribution in [2.75, 3.05) is 6.54 Å². The monoisotopic (exact) mass is 360 g/mol. The van der Waals surface area contributed by atoms with Gasteiger partial charge >= 0.3 is 6.18 Å². The first-order valence-corrected chi connectivity index (χ1v) is 7.88. The van der Waals surface area contributed by atoms with Gasteiger partial charge in [0.05, 0.1) is 5.56 Å². The molecule has 2 heterocycles. The number of carbonyl (C=O) groups is 1. The van der Waals surface area contributed by atoms with Gasteiger partial charge in [0.2, 0.25) is 0 Å². The summed E-state index contributed by atoms with van der Waals surface area (Å²) in [6.07, 6.45) is -0.444. The molecule has 0 saturated carbocycles. The fourth-order valence-electron chi connectivity index (χ4n) is 2.42. The van der Waals surface area contributed by atoms with Gasteiger partial charge in [-0.2, -0.15) is 13.2 Å². The van der Waals surface area contributed by atoms with Crippen LogP contribution in [0.4, 0.5) is 13.2 Å². The number of furan rings is 1. The van der Waals surface area contributed by atoms with Crippen LogP contribution in [-0.4, -0.2) is 17.4 Å². The number of nitrogens with zero attached hydrogens (tertiary/aromatic N) is 1. The number of carbonyl (C=O) groups excluding carboxylic acids is 1. The Kier molecular flexibility index (Phi) is 5.06. The largest absolute Gasteiger partial charge is 0.451 e. The minimum atomic E-state index is -4.44. The molecule has 0 bridgehead atoms. The molecular formula is C19H15F3N2O2. The number of halogens is 3. The summed E-state index contributed by atoms with van der Waals surface area (Å²) in [5.74, 6) is -0.177. The number of pyridine rings is 1. The molecule has 26 heavy (non-hydrogen) atoms. The van der Waals surface area contributed by atoms with Gasteiger partial charge in [0.15, 0.2) is 5.76 Å². The van der Waals surface area contributed by atoms with Crippen LogP contribution in [0.15, 0.2) is 65.3 Å². The third-order valence-electron chi connectivity index (χ3n) is 3.73. The normalized spacial score (nSPS) is 11.3. The summed E-state index contributed by atoms with van der Waals surface area (Å²) in [7, 11) is 0. The number of aromatic nitrogens is 1. The van der Waals surface area contributed by atoms with Crippen LogP contribution in [0.5, 0.6) is 0 Å². The summed E-state index contributed by atoms with van der Waals surface area (Å²) < 4.78 is 43.8. The molecule has 0 aliphatic rings. The van der Waals surface area contributed by atoms with E-state index >= 15 is 0 Å². The summed E-state index contributed by atoms with van der Waals surface area (Å²) in [6.45, 7) is 0.393. The second-order valence-corrected chi connectivity index (χ2v) is 5.61. The number of hydrogen-bond acceptors (Lipinski definition) is 3. The Bertz CT molecular complexity index is 889. The molecular weight excluding hydrogens is 345 g/mol. The molecule has 0 radical (unpaired) electrons. The zero-order valence-electron chi connectivity index (χ0n) is 13.6. The first-order valence-electron chi connectivity index (χ1n) is 7.88. The Morgan fingerprint density at radius 2 is 1.96 bits per heavy atom. The predicted molar refractivity (Wildman–Crippen MR) is 89.4 cm³/mol. The maximum Gasteiger partial charge on any atom is 0.416 e. The molecule has 4 nitrogen and oxygen atoms in total. The van der Waals surface area contributed by atoms with E-state index in [1.165, 1.54) is 24.3 Å². The fraction of sp³-hybridized carbons (Fsp3) is 0.158. The van der Waals surface area contributed by atoms with E-state index < -0.39 is 17.6 Å². The number of rotatable bonds is 5. The third-order valence-corrected chi connectivity index (χ3v) is 3.73. The van der Waals surface area contributed by atoms with E-state index in [0.29, 0.717) is 13.0 Å². The van der Waals surface area contributed by atoms with Crippen LogP contribution in [0, 0.1) is 0 Å². The highest BCUT2D eigenvalue weighted by Crippen LogP contribution is 2.32. The van der Waals surface area contributed by atoms with Crippen LogP contribution in [0.25, 0.3) is 11.3 Å². The minimum absolute atomic E-state index is 0.0450. The highest BCUT2D eigenvalue weighted by Gasteiger charge is 2.30. The molecule has 0 unspecified atom stereocenters. The lowest BCUT2D eigenvalue weighted by molar-refractivity contribution is -0.137. The van der Waals surface area contributed by atoms with Crippen LogP contribution in [0.1, 0.15) is 21.7 Å². The molecule has 1 amide bonds.